The van der Waals surface area contributed by atoms with E-state index >= 15 is 0 Å². The quantitative estimate of drug-likeness (QED) is 0.427. The molecule has 5 rings (SSSR count). The molecule has 156 valence electrons. The summed E-state index contributed by atoms with van der Waals surface area (Å²) in [5.41, 5.74) is 3.10. The number of carbonyl (C=O) groups excluding carboxylic acids is 1. The summed E-state index contributed by atoms with van der Waals surface area (Å²) in [4.78, 5) is 29.3. The summed E-state index contributed by atoms with van der Waals surface area (Å²) >= 11 is 0. The molecule has 2 aromatic carbocycles. The van der Waals surface area contributed by atoms with Crippen molar-refractivity contribution in [2.45, 2.75) is 38.5 Å². The van der Waals surface area contributed by atoms with Crippen molar-refractivity contribution in [3.8, 4) is 11.6 Å². The topological polar surface area (TPSA) is 80.8 Å². The number of hydrogen-bond acceptors (Lipinski definition) is 5. The first-order chi connectivity index (χ1) is 15.2. The van der Waals surface area contributed by atoms with Crippen molar-refractivity contribution in [3.05, 3.63) is 78.0 Å². The third kappa shape index (κ3) is 4.06. The molecule has 0 amide bonds. The van der Waals surface area contributed by atoms with Crippen molar-refractivity contribution in [1.82, 2.24) is 19.9 Å². The van der Waals surface area contributed by atoms with Crippen molar-refractivity contribution in [1.29, 1.82) is 0 Å². The maximum atomic E-state index is 12.8. The van der Waals surface area contributed by atoms with E-state index in [2.05, 4.69) is 26.9 Å². The molecule has 0 bridgehead atoms. The molecule has 2 aromatic heterocycles. The number of hydrogen-bond donors (Lipinski definition) is 1. The summed E-state index contributed by atoms with van der Waals surface area (Å²) in [6.45, 7) is 2.30. The Morgan fingerprint density at radius 1 is 0.968 bits per heavy atom. The molecule has 0 atom stereocenters. The van der Waals surface area contributed by atoms with Crippen molar-refractivity contribution < 1.29 is 9.53 Å². The highest BCUT2D eigenvalue weighted by molar-refractivity contribution is 6.08. The maximum Gasteiger partial charge on any atom is 0.241 e. The van der Waals surface area contributed by atoms with Gasteiger partial charge in [0.2, 0.25) is 11.7 Å². The van der Waals surface area contributed by atoms with Crippen molar-refractivity contribution in [2.24, 2.45) is 5.92 Å². The Hall–Kier alpha value is -3.54. The van der Waals surface area contributed by atoms with Crippen molar-refractivity contribution >= 4 is 16.8 Å². The molecule has 1 saturated carbocycles. The summed E-state index contributed by atoms with van der Waals surface area (Å²) < 4.78 is 6.07. The zero-order valence-electron chi connectivity index (χ0n) is 17.4. The molecule has 2 heterocycles. The average molecular weight is 412 g/mol. The van der Waals surface area contributed by atoms with Gasteiger partial charge in [-0.05, 0) is 55.2 Å². The molecule has 0 unspecified atom stereocenters. The molecule has 4 aromatic rings. The molecule has 1 fully saturated rings. The van der Waals surface area contributed by atoms with E-state index in [9.17, 15) is 4.79 Å². The third-order valence-electron chi connectivity index (χ3n) is 6.03. The van der Waals surface area contributed by atoms with Crippen LogP contribution in [0.2, 0.25) is 0 Å². The van der Waals surface area contributed by atoms with Gasteiger partial charge in [0.1, 0.15) is 11.4 Å². The van der Waals surface area contributed by atoms with Crippen LogP contribution < -0.4 is 4.74 Å². The fourth-order valence-corrected chi connectivity index (χ4v) is 4.21. The van der Waals surface area contributed by atoms with Gasteiger partial charge in [0, 0.05) is 23.9 Å². The number of aromatic nitrogens is 4. The number of H-pyrrole nitrogens is 1. The normalized spacial score (nSPS) is 18.7. The number of nitrogens with one attached hydrogen (secondary N) is 1. The SMILES string of the molecule is CC1CCC(c2nccnc2Oc2ccc(C(=O)c3nc4ccccc4[nH]3)cc2)CC1. The molecule has 6 heteroatoms. The van der Waals surface area contributed by atoms with Crippen LogP contribution in [0.1, 0.15) is 60.4 Å². The first-order valence-corrected chi connectivity index (χ1v) is 10.8. The Morgan fingerprint density at radius 3 is 2.48 bits per heavy atom. The molecule has 1 aliphatic carbocycles. The van der Waals surface area contributed by atoms with Gasteiger partial charge in [0.25, 0.3) is 0 Å². The standard InChI is InChI=1S/C25H24N4O2/c1-16-6-8-17(9-7-16)22-25(27-15-14-26-22)31-19-12-10-18(11-13-19)23(30)24-28-20-4-2-3-5-21(20)29-24/h2-5,10-17H,6-9H2,1H3,(H,28,29). The number of benzene rings is 2. The van der Waals surface area contributed by atoms with Gasteiger partial charge in [-0.2, -0.15) is 0 Å². The Bertz CT molecular complexity index is 1170. The Kier molecular flexibility index (Phi) is 5.20. The number of rotatable bonds is 5. The van der Waals surface area contributed by atoms with Crippen LogP contribution in [-0.2, 0) is 0 Å². The van der Waals surface area contributed by atoms with E-state index in [4.69, 9.17) is 4.74 Å². The van der Waals surface area contributed by atoms with Crippen LogP contribution in [0.3, 0.4) is 0 Å². The minimum atomic E-state index is -0.153. The van der Waals surface area contributed by atoms with Gasteiger partial charge in [-0.3, -0.25) is 9.78 Å². The van der Waals surface area contributed by atoms with E-state index in [1.165, 1.54) is 12.8 Å². The van der Waals surface area contributed by atoms with Crippen molar-refractivity contribution in [3.63, 3.8) is 0 Å². The molecule has 6 nitrogen and oxygen atoms in total. The predicted molar refractivity (Wildman–Crippen MR) is 118 cm³/mol. The number of ether oxygens (including phenoxy) is 1. The molecule has 0 radical (unpaired) electrons. The lowest BCUT2D eigenvalue weighted by atomic mass is 9.81. The molecular formula is C25H24N4O2. The zero-order chi connectivity index (χ0) is 21.2. The Balaban J connectivity index is 1.33. The lowest BCUT2D eigenvalue weighted by Crippen LogP contribution is -2.13. The van der Waals surface area contributed by atoms with Gasteiger partial charge < -0.3 is 9.72 Å². The third-order valence-corrected chi connectivity index (χ3v) is 6.03. The van der Waals surface area contributed by atoms with Crippen LogP contribution >= 0.6 is 0 Å². The van der Waals surface area contributed by atoms with Gasteiger partial charge >= 0.3 is 0 Å². The van der Waals surface area contributed by atoms with E-state index in [0.29, 0.717) is 28.9 Å². The molecule has 1 N–H and O–H groups in total. The molecule has 0 aliphatic heterocycles. The number of aromatic amines is 1. The van der Waals surface area contributed by atoms with E-state index in [-0.39, 0.29) is 5.78 Å². The lowest BCUT2D eigenvalue weighted by molar-refractivity contribution is 0.103. The first-order valence-electron chi connectivity index (χ1n) is 10.8. The predicted octanol–water partition coefficient (Wildman–Crippen LogP) is 5.67. The summed E-state index contributed by atoms with van der Waals surface area (Å²) in [5, 5.41) is 0. The van der Waals surface area contributed by atoms with Gasteiger partial charge in [0.15, 0.2) is 5.82 Å². The largest absolute Gasteiger partial charge is 0.437 e. The molecule has 1 aliphatic rings. The Labute approximate surface area is 180 Å². The number of carbonyl (C=O) groups is 1. The van der Waals surface area contributed by atoms with Crippen LogP contribution in [0.15, 0.2) is 60.9 Å². The Morgan fingerprint density at radius 2 is 1.71 bits per heavy atom. The molecular weight excluding hydrogens is 388 g/mol. The monoisotopic (exact) mass is 412 g/mol. The number of nitrogens with zero attached hydrogens (tertiary/aromatic N) is 3. The molecule has 0 spiro atoms. The highest BCUT2D eigenvalue weighted by Gasteiger charge is 2.24. The van der Waals surface area contributed by atoms with Gasteiger partial charge in [-0.25, -0.2) is 9.97 Å². The number of imidazole rings is 1. The van der Waals surface area contributed by atoms with Gasteiger partial charge in [0.05, 0.1) is 11.0 Å². The van der Waals surface area contributed by atoms with Crippen LogP contribution in [0.5, 0.6) is 11.6 Å². The van der Waals surface area contributed by atoms with Crippen LogP contribution in [0.25, 0.3) is 11.0 Å². The summed E-state index contributed by atoms with van der Waals surface area (Å²) in [6, 6.07) is 14.7. The number of ketones is 1. The number of para-hydroxylation sites is 2. The smallest absolute Gasteiger partial charge is 0.241 e. The van der Waals surface area contributed by atoms with Crippen LogP contribution in [0, 0.1) is 5.92 Å². The zero-order valence-corrected chi connectivity index (χ0v) is 17.4. The maximum absolute atomic E-state index is 12.8. The van der Waals surface area contributed by atoms with E-state index < -0.39 is 0 Å². The first kappa shape index (κ1) is 19.4. The average Bonchev–Trinajstić information content (AvgIpc) is 3.25. The van der Waals surface area contributed by atoms with Gasteiger partial charge in [-0.1, -0.05) is 31.9 Å². The summed E-state index contributed by atoms with van der Waals surface area (Å²) in [5.74, 6) is 2.52. The minimum Gasteiger partial charge on any atom is -0.437 e. The van der Waals surface area contributed by atoms with Crippen LogP contribution in [0.4, 0.5) is 0 Å². The van der Waals surface area contributed by atoms with E-state index in [0.717, 1.165) is 35.5 Å². The van der Waals surface area contributed by atoms with E-state index in [1.807, 2.05) is 24.3 Å². The van der Waals surface area contributed by atoms with E-state index in [1.54, 1.807) is 36.7 Å². The summed E-state index contributed by atoms with van der Waals surface area (Å²) in [6.07, 6.45) is 8.03. The lowest BCUT2D eigenvalue weighted by Gasteiger charge is -2.26. The fourth-order valence-electron chi connectivity index (χ4n) is 4.21. The van der Waals surface area contributed by atoms with Crippen LogP contribution in [-0.4, -0.2) is 25.7 Å². The second kappa shape index (κ2) is 8.30. The summed E-state index contributed by atoms with van der Waals surface area (Å²) in [7, 11) is 0. The van der Waals surface area contributed by atoms with Gasteiger partial charge in [-0.15, -0.1) is 0 Å². The highest BCUT2D eigenvalue weighted by Crippen LogP contribution is 2.38. The second-order valence-corrected chi connectivity index (χ2v) is 8.26. The highest BCUT2D eigenvalue weighted by atomic mass is 16.5. The minimum absolute atomic E-state index is 0.153. The van der Waals surface area contributed by atoms with Crippen molar-refractivity contribution in [2.75, 3.05) is 0 Å². The second-order valence-electron chi connectivity index (χ2n) is 8.26. The molecule has 31 heavy (non-hydrogen) atoms. The fraction of sp³-hybridized carbons (Fsp3) is 0.280. The molecule has 0 saturated heterocycles. The number of fused-ring (bicyclic) bond motifs is 1.